The highest BCUT2D eigenvalue weighted by Crippen LogP contribution is 2.41. The summed E-state index contributed by atoms with van der Waals surface area (Å²) in [6.45, 7) is 3.39. The number of amides is 1. The second-order valence-electron chi connectivity index (χ2n) is 7.53. The minimum Gasteiger partial charge on any atom is -0.385 e. The van der Waals surface area contributed by atoms with Gasteiger partial charge in [-0.1, -0.05) is 6.07 Å². The second-order valence-corrected chi connectivity index (χ2v) is 7.53. The van der Waals surface area contributed by atoms with E-state index in [0.717, 1.165) is 38.3 Å². The standard InChI is InChI=1S/C19H26F3N3O2/c1-27-13-3-10-25-14-18(7-6-17(25)26)8-11-24(12-9-18)16-5-2-4-15(23-16)19(20,21)22/h2,4-5H,3,6-14H2,1H3. The minimum absolute atomic E-state index is 0.0686. The predicted octanol–water partition coefficient (Wildman–Crippen LogP) is 3.35. The molecule has 8 heteroatoms. The van der Waals surface area contributed by atoms with Crippen molar-refractivity contribution in [2.75, 3.05) is 44.8 Å². The Morgan fingerprint density at radius 2 is 1.96 bits per heavy atom. The fourth-order valence-electron chi connectivity index (χ4n) is 4.08. The number of halogens is 3. The van der Waals surface area contributed by atoms with Crippen molar-refractivity contribution in [1.82, 2.24) is 9.88 Å². The number of rotatable bonds is 5. The highest BCUT2D eigenvalue weighted by Gasteiger charge is 2.41. The maximum Gasteiger partial charge on any atom is 0.433 e. The van der Waals surface area contributed by atoms with Crippen LogP contribution in [0.25, 0.3) is 0 Å². The molecule has 0 unspecified atom stereocenters. The van der Waals surface area contributed by atoms with Crippen molar-refractivity contribution in [3.05, 3.63) is 23.9 Å². The molecule has 2 aliphatic rings. The molecule has 0 bridgehead atoms. The monoisotopic (exact) mass is 385 g/mol. The number of ether oxygens (including phenoxy) is 1. The number of carbonyl (C=O) groups excluding carboxylic acids is 1. The Bertz CT molecular complexity index is 658. The predicted molar refractivity (Wildman–Crippen MR) is 95.4 cm³/mol. The summed E-state index contributed by atoms with van der Waals surface area (Å²) in [5, 5.41) is 0. The summed E-state index contributed by atoms with van der Waals surface area (Å²) in [6.07, 6.45) is -0.485. The van der Waals surface area contributed by atoms with Crippen LogP contribution < -0.4 is 4.90 Å². The minimum atomic E-state index is -4.43. The average Bonchev–Trinajstić information content (AvgIpc) is 2.65. The molecule has 27 heavy (non-hydrogen) atoms. The molecule has 1 spiro atoms. The van der Waals surface area contributed by atoms with Gasteiger partial charge < -0.3 is 14.5 Å². The summed E-state index contributed by atoms with van der Waals surface area (Å²) in [7, 11) is 1.65. The molecule has 0 atom stereocenters. The van der Waals surface area contributed by atoms with E-state index in [9.17, 15) is 18.0 Å². The molecule has 5 nitrogen and oxygen atoms in total. The molecule has 1 amide bonds. The first kappa shape index (κ1) is 19.9. The van der Waals surface area contributed by atoms with Crippen molar-refractivity contribution in [3.63, 3.8) is 0 Å². The Hall–Kier alpha value is -1.83. The number of likely N-dealkylation sites (tertiary alicyclic amines) is 1. The number of pyridine rings is 1. The smallest absolute Gasteiger partial charge is 0.385 e. The van der Waals surface area contributed by atoms with Crippen LogP contribution in [0.4, 0.5) is 19.0 Å². The molecule has 1 aromatic rings. The molecular formula is C19H26F3N3O2. The van der Waals surface area contributed by atoms with Gasteiger partial charge in [0.25, 0.3) is 0 Å². The molecule has 2 aliphatic heterocycles. The quantitative estimate of drug-likeness (QED) is 0.730. The number of piperidine rings is 2. The summed E-state index contributed by atoms with van der Waals surface area (Å²) in [5.74, 6) is 0.571. The van der Waals surface area contributed by atoms with Gasteiger partial charge in [0.15, 0.2) is 0 Å². The number of carbonyl (C=O) groups is 1. The lowest BCUT2D eigenvalue weighted by atomic mass is 9.72. The summed E-state index contributed by atoms with van der Waals surface area (Å²) in [6, 6.07) is 4.04. The van der Waals surface area contributed by atoms with Crippen molar-refractivity contribution in [2.45, 2.75) is 38.3 Å². The van der Waals surface area contributed by atoms with Crippen LogP contribution in [0.5, 0.6) is 0 Å². The van der Waals surface area contributed by atoms with Crippen molar-refractivity contribution in [1.29, 1.82) is 0 Å². The fraction of sp³-hybridized carbons (Fsp3) is 0.684. The normalized spacial score (nSPS) is 20.4. The Balaban J connectivity index is 1.62. The Kier molecular flexibility index (Phi) is 5.93. The lowest BCUT2D eigenvalue weighted by Crippen LogP contribution is -2.52. The third kappa shape index (κ3) is 4.72. The third-order valence-corrected chi connectivity index (χ3v) is 5.70. The summed E-state index contributed by atoms with van der Waals surface area (Å²) in [5.41, 5.74) is -0.785. The van der Waals surface area contributed by atoms with Gasteiger partial charge in [0, 0.05) is 46.3 Å². The number of hydrogen-bond donors (Lipinski definition) is 0. The van der Waals surface area contributed by atoms with Crippen LogP contribution in [0.3, 0.4) is 0 Å². The first-order valence-electron chi connectivity index (χ1n) is 9.39. The van der Waals surface area contributed by atoms with Crippen LogP contribution in [0.1, 0.15) is 37.8 Å². The van der Waals surface area contributed by atoms with Gasteiger partial charge in [0.1, 0.15) is 11.5 Å². The lowest BCUT2D eigenvalue weighted by molar-refractivity contribution is -0.141. The van der Waals surface area contributed by atoms with E-state index in [0.29, 0.717) is 38.5 Å². The van der Waals surface area contributed by atoms with E-state index in [1.165, 1.54) is 6.07 Å². The average molecular weight is 385 g/mol. The number of aromatic nitrogens is 1. The molecule has 0 aliphatic carbocycles. The number of hydrogen-bond acceptors (Lipinski definition) is 4. The lowest BCUT2D eigenvalue weighted by Gasteiger charge is -2.47. The van der Waals surface area contributed by atoms with Crippen LogP contribution in [-0.2, 0) is 15.7 Å². The highest BCUT2D eigenvalue weighted by molar-refractivity contribution is 5.77. The van der Waals surface area contributed by atoms with Gasteiger partial charge in [0.2, 0.25) is 5.91 Å². The molecule has 0 N–H and O–H groups in total. The van der Waals surface area contributed by atoms with Crippen molar-refractivity contribution >= 4 is 11.7 Å². The van der Waals surface area contributed by atoms with E-state index in [1.807, 2.05) is 9.80 Å². The van der Waals surface area contributed by atoms with Crippen LogP contribution in [0, 0.1) is 5.41 Å². The number of anilines is 1. The van der Waals surface area contributed by atoms with Gasteiger partial charge in [-0.25, -0.2) is 4.98 Å². The van der Waals surface area contributed by atoms with E-state index in [-0.39, 0.29) is 11.3 Å². The second kappa shape index (κ2) is 8.04. The third-order valence-electron chi connectivity index (χ3n) is 5.70. The molecule has 2 fully saturated rings. The molecule has 3 heterocycles. The van der Waals surface area contributed by atoms with Crippen molar-refractivity contribution in [3.8, 4) is 0 Å². The van der Waals surface area contributed by atoms with Gasteiger partial charge in [0.05, 0.1) is 0 Å². The maximum absolute atomic E-state index is 12.9. The van der Waals surface area contributed by atoms with E-state index in [4.69, 9.17) is 4.74 Å². The zero-order valence-electron chi connectivity index (χ0n) is 15.6. The van der Waals surface area contributed by atoms with Crippen LogP contribution in [0.2, 0.25) is 0 Å². The van der Waals surface area contributed by atoms with Crippen LogP contribution in [0.15, 0.2) is 18.2 Å². The summed E-state index contributed by atoms with van der Waals surface area (Å²) in [4.78, 5) is 19.8. The Morgan fingerprint density at radius 3 is 2.63 bits per heavy atom. The van der Waals surface area contributed by atoms with Gasteiger partial charge in [-0.2, -0.15) is 13.2 Å². The molecule has 2 saturated heterocycles. The number of methoxy groups -OCH3 is 1. The molecule has 1 aromatic heterocycles. The fourth-order valence-corrected chi connectivity index (χ4v) is 4.08. The topological polar surface area (TPSA) is 45.7 Å². The maximum atomic E-state index is 12.9. The number of nitrogens with zero attached hydrogens (tertiary/aromatic N) is 3. The SMILES string of the molecule is COCCCN1CC2(CCC1=O)CCN(c1cccc(C(F)(F)F)n1)CC2. The summed E-state index contributed by atoms with van der Waals surface area (Å²) >= 11 is 0. The number of alkyl halides is 3. The van der Waals surface area contributed by atoms with Crippen molar-refractivity contribution in [2.24, 2.45) is 5.41 Å². The van der Waals surface area contributed by atoms with Crippen LogP contribution in [-0.4, -0.2) is 55.7 Å². The van der Waals surface area contributed by atoms with Gasteiger partial charge in [-0.15, -0.1) is 0 Å². The van der Waals surface area contributed by atoms with E-state index in [1.54, 1.807) is 13.2 Å². The van der Waals surface area contributed by atoms with Gasteiger partial charge in [-0.3, -0.25) is 4.79 Å². The molecule has 0 aromatic carbocycles. The largest absolute Gasteiger partial charge is 0.433 e. The zero-order valence-corrected chi connectivity index (χ0v) is 15.6. The first-order chi connectivity index (χ1) is 12.8. The first-order valence-corrected chi connectivity index (χ1v) is 9.39. The van der Waals surface area contributed by atoms with E-state index >= 15 is 0 Å². The molecule has 0 radical (unpaired) electrons. The van der Waals surface area contributed by atoms with E-state index < -0.39 is 11.9 Å². The molecule has 0 saturated carbocycles. The van der Waals surface area contributed by atoms with Gasteiger partial charge in [-0.05, 0) is 43.2 Å². The van der Waals surface area contributed by atoms with Gasteiger partial charge >= 0.3 is 6.18 Å². The summed E-state index contributed by atoms with van der Waals surface area (Å²) < 4.78 is 43.8. The van der Waals surface area contributed by atoms with E-state index in [2.05, 4.69) is 4.98 Å². The molecule has 150 valence electrons. The Labute approximate surface area is 157 Å². The zero-order chi connectivity index (χ0) is 19.5. The molecular weight excluding hydrogens is 359 g/mol. The highest BCUT2D eigenvalue weighted by atomic mass is 19.4. The molecule has 3 rings (SSSR count). The van der Waals surface area contributed by atoms with Crippen molar-refractivity contribution < 1.29 is 22.7 Å². The van der Waals surface area contributed by atoms with Crippen LogP contribution >= 0.6 is 0 Å². The Morgan fingerprint density at radius 1 is 1.22 bits per heavy atom.